The molecule has 5 nitrogen and oxygen atoms in total. The number of carbonyl (C=O) groups is 1. The van der Waals surface area contributed by atoms with Gasteiger partial charge in [-0.05, 0) is 35.8 Å². The summed E-state index contributed by atoms with van der Waals surface area (Å²) in [6, 6.07) is 3.06. The van der Waals surface area contributed by atoms with Crippen molar-refractivity contribution < 1.29 is 4.79 Å². The molecule has 0 aliphatic rings. The largest absolute Gasteiger partial charge is 0.353 e. The van der Waals surface area contributed by atoms with Crippen LogP contribution in [0, 0.1) is 0 Å². The molecule has 1 rings (SSSR count). The van der Waals surface area contributed by atoms with Crippen molar-refractivity contribution in [3.63, 3.8) is 0 Å². The molecule has 0 saturated carbocycles. The zero-order chi connectivity index (χ0) is 13.1. The van der Waals surface area contributed by atoms with E-state index in [1.165, 1.54) is 10.6 Å². The van der Waals surface area contributed by atoms with Gasteiger partial charge in [-0.15, -0.1) is 0 Å². The smallest absolute Gasteiger partial charge is 0.251 e. The van der Waals surface area contributed by atoms with Crippen molar-refractivity contribution in [3.05, 3.63) is 33.2 Å². The molecule has 0 spiro atoms. The van der Waals surface area contributed by atoms with Crippen molar-refractivity contribution in [1.29, 1.82) is 0 Å². The summed E-state index contributed by atoms with van der Waals surface area (Å²) in [5, 5.41) is 2.68. The lowest BCUT2D eigenvalue weighted by Gasteiger charge is -2.26. The molecule has 1 aromatic heterocycles. The van der Waals surface area contributed by atoms with E-state index in [1.54, 1.807) is 26.1 Å². The van der Waals surface area contributed by atoms with Crippen LogP contribution in [0.3, 0.4) is 0 Å². The van der Waals surface area contributed by atoms with Crippen LogP contribution in [0.25, 0.3) is 0 Å². The van der Waals surface area contributed by atoms with Crippen LogP contribution in [0.4, 0.5) is 0 Å². The molecule has 0 fully saturated rings. The van der Waals surface area contributed by atoms with Gasteiger partial charge in [0.2, 0.25) is 5.91 Å². The third-order valence-corrected chi connectivity index (χ3v) is 2.93. The van der Waals surface area contributed by atoms with Gasteiger partial charge in [0.05, 0.1) is 0 Å². The number of hydrogen-bond donors (Lipinski definition) is 2. The van der Waals surface area contributed by atoms with Crippen LogP contribution in [0.15, 0.2) is 27.6 Å². The molecule has 0 aliphatic carbocycles. The molecule has 0 saturated heterocycles. The van der Waals surface area contributed by atoms with Crippen LogP contribution < -0.4 is 16.6 Å². The summed E-state index contributed by atoms with van der Waals surface area (Å²) in [4.78, 5) is 23.7. The van der Waals surface area contributed by atoms with Crippen molar-refractivity contribution in [1.82, 2.24) is 9.88 Å². The number of nitrogens with zero attached hydrogens (tertiary/aromatic N) is 1. The maximum Gasteiger partial charge on any atom is 0.251 e. The number of aromatic nitrogens is 1. The highest BCUT2D eigenvalue weighted by Gasteiger charge is 2.30. The van der Waals surface area contributed by atoms with E-state index in [0.717, 1.165) is 4.47 Å². The topological polar surface area (TPSA) is 77.1 Å². The van der Waals surface area contributed by atoms with Gasteiger partial charge < -0.3 is 11.1 Å². The van der Waals surface area contributed by atoms with Gasteiger partial charge in [-0.25, -0.2) is 0 Å². The summed E-state index contributed by atoms with van der Waals surface area (Å²) in [7, 11) is 0. The Morgan fingerprint density at radius 1 is 1.53 bits per heavy atom. The fourth-order valence-corrected chi connectivity index (χ4v) is 1.75. The maximum absolute atomic E-state index is 11.9. The van der Waals surface area contributed by atoms with Crippen LogP contribution in [0.2, 0.25) is 0 Å². The Labute approximate surface area is 108 Å². The van der Waals surface area contributed by atoms with Crippen molar-refractivity contribution in [2.24, 2.45) is 5.73 Å². The van der Waals surface area contributed by atoms with Gasteiger partial charge in [-0.2, -0.15) is 0 Å². The number of hydrogen-bond acceptors (Lipinski definition) is 3. The summed E-state index contributed by atoms with van der Waals surface area (Å²) in [5.74, 6) is -0.233. The summed E-state index contributed by atoms with van der Waals surface area (Å²) in [5.41, 5.74) is 4.15. The summed E-state index contributed by atoms with van der Waals surface area (Å²) in [6.45, 7) is 4.14. The first-order valence-electron chi connectivity index (χ1n) is 5.26. The highest BCUT2D eigenvalue weighted by molar-refractivity contribution is 9.10. The van der Waals surface area contributed by atoms with Crippen LogP contribution in [-0.4, -0.2) is 23.6 Å². The van der Waals surface area contributed by atoms with Crippen LogP contribution >= 0.6 is 15.9 Å². The molecule has 0 atom stereocenters. The van der Waals surface area contributed by atoms with E-state index in [1.807, 2.05) is 0 Å². The second-order valence-electron chi connectivity index (χ2n) is 4.16. The van der Waals surface area contributed by atoms with E-state index in [9.17, 15) is 9.59 Å². The lowest BCUT2D eigenvalue weighted by Crippen LogP contribution is -2.49. The van der Waals surface area contributed by atoms with Crippen molar-refractivity contribution in [3.8, 4) is 0 Å². The lowest BCUT2D eigenvalue weighted by molar-refractivity contribution is -0.128. The number of carbonyl (C=O) groups excluding carboxylic acids is 1. The van der Waals surface area contributed by atoms with E-state index >= 15 is 0 Å². The van der Waals surface area contributed by atoms with Crippen LogP contribution in [0.1, 0.15) is 13.8 Å². The first kappa shape index (κ1) is 13.9. The fraction of sp³-hybridized carbons (Fsp3) is 0.455. The van der Waals surface area contributed by atoms with Gasteiger partial charge in [0, 0.05) is 29.8 Å². The molecule has 1 heterocycles. The van der Waals surface area contributed by atoms with E-state index in [0.29, 0.717) is 13.1 Å². The molecule has 1 aromatic rings. The molecule has 94 valence electrons. The van der Waals surface area contributed by atoms with Gasteiger partial charge in [0.1, 0.15) is 5.54 Å². The molecule has 6 heteroatoms. The van der Waals surface area contributed by atoms with Crippen molar-refractivity contribution in [2.75, 3.05) is 13.1 Å². The lowest BCUT2D eigenvalue weighted by atomic mass is 10.0. The predicted molar refractivity (Wildman–Crippen MR) is 69.8 cm³/mol. The average molecular weight is 302 g/mol. The molecule has 0 bridgehead atoms. The molecule has 1 amide bonds. The Kier molecular flexibility index (Phi) is 4.47. The average Bonchev–Trinajstić information content (AvgIpc) is 2.28. The Bertz CT molecular complexity index is 468. The third kappa shape index (κ3) is 3.17. The van der Waals surface area contributed by atoms with Gasteiger partial charge in [0.25, 0.3) is 5.56 Å². The minimum Gasteiger partial charge on any atom is -0.353 e. The van der Waals surface area contributed by atoms with E-state index in [2.05, 4.69) is 21.2 Å². The van der Waals surface area contributed by atoms with Crippen molar-refractivity contribution >= 4 is 21.8 Å². The van der Waals surface area contributed by atoms with E-state index < -0.39 is 5.54 Å². The zero-order valence-corrected chi connectivity index (χ0v) is 11.5. The SMILES string of the molecule is CC(C)(C(=O)NCCN)n1cc(Br)ccc1=O. The summed E-state index contributed by atoms with van der Waals surface area (Å²) in [6.07, 6.45) is 1.60. The Morgan fingerprint density at radius 2 is 2.18 bits per heavy atom. The molecule has 0 aromatic carbocycles. The predicted octanol–water partition coefficient (Wildman–Crippen LogP) is 0.421. The van der Waals surface area contributed by atoms with Gasteiger partial charge in [-0.1, -0.05) is 0 Å². The molecule has 3 N–H and O–H groups in total. The van der Waals surface area contributed by atoms with E-state index in [4.69, 9.17) is 5.73 Å². The Hall–Kier alpha value is -1.14. The second kappa shape index (κ2) is 5.46. The highest BCUT2D eigenvalue weighted by atomic mass is 79.9. The first-order chi connectivity index (χ1) is 7.89. The normalized spacial score (nSPS) is 11.3. The van der Waals surface area contributed by atoms with E-state index in [-0.39, 0.29) is 11.5 Å². The summed E-state index contributed by atoms with van der Waals surface area (Å²) >= 11 is 3.28. The second-order valence-corrected chi connectivity index (χ2v) is 5.07. The number of nitrogens with two attached hydrogens (primary N) is 1. The quantitative estimate of drug-likeness (QED) is 0.846. The molecule has 0 unspecified atom stereocenters. The minimum atomic E-state index is -0.948. The number of pyridine rings is 1. The minimum absolute atomic E-state index is 0.221. The monoisotopic (exact) mass is 301 g/mol. The number of halogens is 1. The fourth-order valence-electron chi connectivity index (χ4n) is 1.41. The third-order valence-electron chi connectivity index (χ3n) is 2.46. The maximum atomic E-state index is 11.9. The molecular weight excluding hydrogens is 286 g/mol. The van der Waals surface area contributed by atoms with Gasteiger partial charge in [-0.3, -0.25) is 14.2 Å². The molecule has 17 heavy (non-hydrogen) atoms. The molecule has 0 radical (unpaired) electrons. The first-order valence-corrected chi connectivity index (χ1v) is 6.06. The van der Waals surface area contributed by atoms with Gasteiger partial charge in [0.15, 0.2) is 0 Å². The Balaban J connectivity index is 3.07. The highest BCUT2D eigenvalue weighted by Crippen LogP contribution is 2.15. The van der Waals surface area contributed by atoms with Crippen LogP contribution in [0.5, 0.6) is 0 Å². The van der Waals surface area contributed by atoms with Crippen molar-refractivity contribution in [2.45, 2.75) is 19.4 Å². The van der Waals surface area contributed by atoms with Crippen LogP contribution in [-0.2, 0) is 10.3 Å². The standard InChI is InChI=1S/C11H16BrN3O2/c1-11(2,10(17)14-6-5-13)15-7-8(12)3-4-9(15)16/h3-4,7H,5-6,13H2,1-2H3,(H,14,17). The zero-order valence-electron chi connectivity index (χ0n) is 9.87. The summed E-state index contributed by atoms with van der Waals surface area (Å²) < 4.78 is 2.14. The van der Waals surface area contributed by atoms with Gasteiger partial charge >= 0.3 is 0 Å². The number of amides is 1. The number of nitrogens with one attached hydrogen (secondary N) is 1. The Morgan fingerprint density at radius 3 is 2.76 bits per heavy atom. The molecular formula is C11H16BrN3O2. The molecule has 0 aliphatic heterocycles. The number of rotatable bonds is 4.